The van der Waals surface area contributed by atoms with E-state index in [4.69, 9.17) is 24.1 Å². The Balaban J connectivity index is 3.47. The van der Waals surface area contributed by atoms with Gasteiger partial charge in [0.25, 0.3) is 0 Å². The molecule has 60 heavy (non-hydrogen) atoms. The van der Waals surface area contributed by atoms with Crippen LogP contribution in [0, 0.1) is 5.41 Å². The summed E-state index contributed by atoms with van der Waals surface area (Å²) in [6.45, 7) is 14.7. The summed E-state index contributed by atoms with van der Waals surface area (Å²) in [6.07, 6.45) is 20.6. The van der Waals surface area contributed by atoms with Crippen LogP contribution in [0.2, 0.25) is 0 Å². The van der Waals surface area contributed by atoms with Crippen molar-refractivity contribution in [1.82, 2.24) is 21.3 Å². The average molecular weight is 857 g/mol. The predicted molar refractivity (Wildman–Crippen MR) is 238 cm³/mol. The Morgan fingerprint density at radius 2 is 0.850 bits per heavy atom. The number of rotatable bonds is 44. The lowest BCUT2D eigenvalue weighted by Gasteiger charge is -2.24. The molecule has 1 atom stereocenters. The van der Waals surface area contributed by atoms with Crippen molar-refractivity contribution in [3.05, 3.63) is 0 Å². The normalized spacial score (nSPS) is 12.1. The van der Waals surface area contributed by atoms with Crippen molar-refractivity contribution < 1.29 is 48.0 Å². The Morgan fingerprint density at radius 3 is 1.27 bits per heavy atom. The second-order valence-corrected chi connectivity index (χ2v) is 17.4. The third-order valence-corrected chi connectivity index (χ3v) is 9.74. The molecule has 352 valence electrons. The van der Waals surface area contributed by atoms with Crippen LogP contribution in [0.5, 0.6) is 0 Å². The number of carbonyl (C=O) groups is 5. The predicted octanol–water partition coefficient (Wildman–Crippen LogP) is 7.05. The molecule has 0 bridgehead atoms. The third kappa shape index (κ3) is 43.4. The maximum absolute atomic E-state index is 12.7. The molecule has 0 aromatic carbocycles. The summed E-state index contributed by atoms with van der Waals surface area (Å²) in [6, 6.07) is 0.0891. The molecular weight excluding hydrogens is 769 g/mol. The molecule has 14 heteroatoms. The molecule has 0 rings (SSSR count). The Bertz CT molecular complexity index is 1090. The monoisotopic (exact) mass is 857 g/mol. The Labute approximate surface area is 363 Å². The highest BCUT2D eigenvalue weighted by molar-refractivity contribution is 5.84. The topological polar surface area (TPSA) is 191 Å². The summed E-state index contributed by atoms with van der Waals surface area (Å²) >= 11 is 0. The van der Waals surface area contributed by atoms with Gasteiger partial charge in [-0.3, -0.25) is 24.0 Å². The molecule has 3 amide bonds. The number of ketones is 1. The molecule has 0 saturated carbocycles. The van der Waals surface area contributed by atoms with Crippen LogP contribution in [0.1, 0.15) is 176 Å². The van der Waals surface area contributed by atoms with Gasteiger partial charge in [-0.2, -0.15) is 0 Å². The molecule has 0 aliphatic carbocycles. The molecule has 5 N–H and O–H groups in total. The number of carbonyl (C=O) groups excluding carboxylic acids is 4. The first kappa shape index (κ1) is 57.3. The van der Waals surface area contributed by atoms with Gasteiger partial charge < -0.3 is 45.3 Å². The molecule has 0 aromatic rings. The number of carboxylic acid groups (broad SMARTS) is 1. The lowest BCUT2D eigenvalue weighted by molar-refractivity contribution is -0.137. The van der Waals surface area contributed by atoms with Crippen LogP contribution in [-0.4, -0.2) is 119 Å². The van der Waals surface area contributed by atoms with Crippen LogP contribution in [0.4, 0.5) is 0 Å². The van der Waals surface area contributed by atoms with Gasteiger partial charge in [0, 0.05) is 57.8 Å². The molecule has 0 fully saturated rings. The fourth-order valence-electron chi connectivity index (χ4n) is 6.53. The van der Waals surface area contributed by atoms with E-state index >= 15 is 0 Å². The molecule has 0 aromatic heterocycles. The number of Topliss-reactive ketones (excluding diaryl/α,β-unsaturated/α-hetero) is 1. The second kappa shape index (κ2) is 40.4. The number of carboxylic acids is 1. The molecule has 0 heterocycles. The molecule has 14 nitrogen and oxygen atoms in total. The fraction of sp³-hybridized carbons (Fsp3) is 0.891. The zero-order valence-electron chi connectivity index (χ0n) is 38.6. The molecule has 1 unspecified atom stereocenters. The lowest BCUT2D eigenvalue weighted by Crippen LogP contribution is -2.42. The second-order valence-electron chi connectivity index (χ2n) is 17.4. The standard InChI is InChI=1S/C46H88N4O10/c1-39(2)50-40(41(51)38-46(3,4)5)22-20-21-27-47-43(53)25-30-57-34-37-60-33-29-49-44(54)26-31-58-35-36-59-32-28-48-42(52)23-18-16-14-12-10-8-6-7-9-11-13-15-17-19-24-45(55)56/h39-40,50H,6-38H2,1-5H3,(H,47,53)(H,48,52)(H,49,54)(H,55,56). The van der Waals surface area contributed by atoms with Crippen molar-refractivity contribution >= 4 is 29.5 Å². The average Bonchev–Trinajstić information content (AvgIpc) is 3.17. The third-order valence-electron chi connectivity index (χ3n) is 9.74. The molecule has 0 spiro atoms. The van der Waals surface area contributed by atoms with E-state index in [0.29, 0.717) is 91.8 Å². The summed E-state index contributed by atoms with van der Waals surface area (Å²) in [5, 5.41) is 20.6. The summed E-state index contributed by atoms with van der Waals surface area (Å²) in [5.74, 6) is -0.554. The summed E-state index contributed by atoms with van der Waals surface area (Å²) in [4.78, 5) is 59.4. The number of amides is 3. The van der Waals surface area contributed by atoms with Crippen LogP contribution < -0.4 is 21.3 Å². The van der Waals surface area contributed by atoms with Crippen molar-refractivity contribution in [2.24, 2.45) is 5.41 Å². The number of hydrogen-bond donors (Lipinski definition) is 5. The Morgan fingerprint density at radius 1 is 0.467 bits per heavy atom. The van der Waals surface area contributed by atoms with Gasteiger partial charge in [0.15, 0.2) is 0 Å². The van der Waals surface area contributed by atoms with Crippen molar-refractivity contribution in [3.63, 3.8) is 0 Å². The van der Waals surface area contributed by atoms with Crippen LogP contribution in [0.15, 0.2) is 0 Å². The number of ether oxygens (including phenoxy) is 4. The quantitative estimate of drug-likeness (QED) is 0.0395. The first-order valence-corrected chi connectivity index (χ1v) is 23.4. The smallest absolute Gasteiger partial charge is 0.303 e. The zero-order chi connectivity index (χ0) is 44.5. The number of hydrogen-bond acceptors (Lipinski definition) is 10. The number of aliphatic carboxylic acids is 1. The molecule has 0 aliphatic rings. The van der Waals surface area contributed by atoms with Crippen LogP contribution >= 0.6 is 0 Å². The highest BCUT2D eigenvalue weighted by Crippen LogP contribution is 2.21. The van der Waals surface area contributed by atoms with Crippen molar-refractivity contribution in [1.29, 1.82) is 0 Å². The highest BCUT2D eigenvalue weighted by atomic mass is 16.5. The minimum atomic E-state index is -0.690. The molecule has 0 aliphatic heterocycles. The first-order valence-electron chi connectivity index (χ1n) is 23.4. The van der Waals surface area contributed by atoms with Crippen LogP contribution in [0.25, 0.3) is 0 Å². The van der Waals surface area contributed by atoms with Crippen molar-refractivity contribution in [3.8, 4) is 0 Å². The summed E-state index contributed by atoms with van der Waals surface area (Å²) in [5.41, 5.74) is -0.0350. The maximum Gasteiger partial charge on any atom is 0.303 e. The fourth-order valence-corrected chi connectivity index (χ4v) is 6.53. The van der Waals surface area contributed by atoms with Crippen molar-refractivity contribution in [2.75, 3.05) is 72.5 Å². The Hall–Kier alpha value is -2.65. The van der Waals surface area contributed by atoms with Gasteiger partial charge >= 0.3 is 5.97 Å². The largest absolute Gasteiger partial charge is 0.481 e. The summed E-state index contributed by atoms with van der Waals surface area (Å²) < 4.78 is 22.0. The summed E-state index contributed by atoms with van der Waals surface area (Å²) in [7, 11) is 0. The van der Waals surface area contributed by atoms with Crippen LogP contribution in [-0.2, 0) is 42.9 Å². The van der Waals surface area contributed by atoms with Gasteiger partial charge in [0.2, 0.25) is 17.7 Å². The highest BCUT2D eigenvalue weighted by Gasteiger charge is 2.24. The minimum absolute atomic E-state index is 0.0350. The van der Waals surface area contributed by atoms with Gasteiger partial charge in [-0.15, -0.1) is 0 Å². The lowest BCUT2D eigenvalue weighted by atomic mass is 9.86. The minimum Gasteiger partial charge on any atom is -0.481 e. The zero-order valence-corrected chi connectivity index (χ0v) is 38.6. The SMILES string of the molecule is CC(C)NC(CCCCNC(=O)CCOCCOCCNC(=O)CCOCCOCCNC(=O)CCCCCCCCCCCCCCCCC(=O)O)C(=O)CC(C)(C)C. The van der Waals surface area contributed by atoms with Crippen molar-refractivity contribution in [2.45, 2.75) is 188 Å². The van der Waals surface area contributed by atoms with Gasteiger partial charge in [-0.1, -0.05) is 112 Å². The number of unbranched alkanes of at least 4 members (excludes halogenated alkanes) is 14. The van der Waals surface area contributed by atoms with E-state index < -0.39 is 5.97 Å². The van der Waals surface area contributed by atoms with Crippen LogP contribution in [0.3, 0.4) is 0 Å². The maximum atomic E-state index is 12.7. The van der Waals surface area contributed by atoms with E-state index in [1.54, 1.807) is 0 Å². The van der Waals surface area contributed by atoms with E-state index in [0.717, 1.165) is 51.4 Å². The van der Waals surface area contributed by atoms with Gasteiger partial charge in [-0.05, 0) is 37.5 Å². The molecular formula is C46H88N4O10. The van der Waals surface area contributed by atoms with Gasteiger partial charge in [-0.25, -0.2) is 0 Å². The van der Waals surface area contributed by atoms with E-state index in [1.807, 2.05) is 13.8 Å². The van der Waals surface area contributed by atoms with E-state index in [2.05, 4.69) is 42.0 Å². The Kier molecular flexibility index (Phi) is 38.6. The van der Waals surface area contributed by atoms with E-state index in [1.165, 1.54) is 57.8 Å². The van der Waals surface area contributed by atoms with Gasteiger partial charge in [0.1, 0.15) is 5.78 Å². The van der Waals surface area contributed by atoms with E-state index in [-0.39, 0.29) is 53.8 Å². The molecule has 0 radical (unpaired) electrons. The van der Waals surface area contributed by atoms with E-state index in [9.17, 15) is 24.0 Å². The first-order chi connectivity index (χ1) is 28.8. The van der Waals surface area contributed by atoms with Gasteiger partial charge in [0.05, 0.1) is 58.9 Å². The molecule has 0 saturated heterocycles. The number of nitrogens with one attached hydrogen (secondary N) is 4.